The zero-order chi connectivity index (χ0) is 15.4. The Morgan fingerprint density at radius 1 is 1.35 bits per heavy atom. The highest BCUT2D eigenvalue weighted by molar-refractivity contribution is 5.43. The molecule has 0 saturated carbocycles. The van der Waals surface area contributed by atoms with Crippen molar-refractivity contribution >= 4 is 5.69 Å². The van der Waals surface area contributed by atoms with Gasteiger partial charge in [0, 0.05) is 44.4 Å². The van der Waals surface area contributed by atoms with Crippen molar-refractivity contribution in [2.75, 3.05) is 26.1 Å². The maximum Gasteiger partial charge on any atom is 0.239 e. The van der Waals surface area contributed by atoms with Crippen LogP contribution in [0.3, 0.4) is 0 Å². The molecule has 1 aromatic rings. The quantitative estimate of drug-likeness (QED) is 0.809. The number of ether oxygens (including phenoxy) is 1. The minimum Gasteiger partial charge on any atom is -0.388 e. The predicted octanol–water partition coefficient (Wildman–Crippen LogP) is 3.71. The Labute approximate surface area is 118 Å². The van der Waals surface area contributed by atoms with Crippen LogP contribution in [0.2, 0.25) is 0 Å². The molecule has 3 nitrogen and oxygen atoms in total. The van der Waals surface area contributed by atoms with E-state index in [2.05, 4.69) is 16.6 Å². The number of anilines is 1. The predicted molar refractivity (Wildman–Crippen MR) is 76.7 cm³/mol. The largest absolute Gasteiger partial charge is 0.388 e. The lowest BCUT2D eigenvalue weighted by molar-refractivity contribution is 0.124. The first-order chi connectivity index (χ1) is 9.54. The fraction of sp³-hybridized carbons (Fsp3) is 0.400. The zero-order valence-electron chi connectivity index (χ0n) is 11.8. The molecule has 1 N–H and O–H groups in total. The van der Waals surface area contributed by atoms with Gasteiger partial charge in [0.05, 0.1) is 6.07 Å². The Bertz CT molecular complexity index is 416. The molecule has 0 saturated heterocycles. The molecule has 20 heavy (non-hydrogen) atoms. The van der Waals surface area contributed by atoms with Gasteiger partial charge >= 0.3 is 0 Å². The van der Waals surface area contributed by atoms with E-state index in [-0.39, 0.29) is 12.0 Å². The van der Waals surface area contributed by atoms with Crippen molar-refractivity contribution in [3.05, 3.63) is 42.5 Å². The lowest BCUT2D eigenvalue weighted by atomic mass is 9.98. The number of hydrogen-bond donors (Lipinski definition) is 1. The minimum atomic E-state index is -2.43. The summed E-state index contributed by atoms with van der Waals surface area (Å²) in [4.78, 5) is 0. The highest BCUT2D eigenvalue weighted by Gasteiger charge is 2.17. The van der Waals surface area contributed by atoms with Crippen LogP contribution in [-0.4, -0.2) is 27.2 Å². The van der Waals surface area contributed by atoms with Gasteiger partial charge in [-0.25, -0.2) is 8.78 Å². The van der Waals surface area contributed by atoms with E-state index in [1.165, 1.54) is 0 Å². The fourth-order valence-corrected chi connectivity index (χ4v) is 1.45. The highest BCUT2D eigenvalue weighted by Crippen LogP contribution is 2.19. The second-order valence-electron chi connectivity index (χ2n) is 4.12. The van der Waals surface area contributed by atoms with Crippen molar-refractivity contribution in [2.24, 2.45) is 5.92 Å². The minimum absolute atomic E-state index is 0.189. The lowest BCUT2D eigenvalue weighted by Crippen LogP contribution is -2.18. The molecule has 1 unspecified atom stereocenters. The molecule has 1 aromatic carbocycles. The SMILES string of the molecule is C=C(C#N)C(CNc1ccccc1)CC(F)F.COC. The van der Waals surface area contributed by atoms with Gasteiger partial charge in [-0.1, -0.05) is 24.8 Å². The van der Waals surface area contributed by atoms with E-state index < -0.39 is 12.3 Å². The van der Waals surface area contributed by atoms with E-state index in [1.54, 1.807) is 14.2 Å². The molecule has 0 spiro atoms. The fourth-order valence-electron chi connectivity index (χ4n) is 1.45. The van der Waals surface area contributed by atoms with Crippen LogP contribution in [0.1, 0.15) is 6.42 Å². The standard InChI is InChI=1S/C13H14F2N2.C2H6O/c1-10(8-16)11(7-13(14)15)9-17-12-5-3-2-4-6-12;1-3-2/h2-6,11,13,17H,1,7,9H2;1-2H3. The molecular weight excluding hydrogens is 262 g/mol. The third-order valence-electron chi connectivity index (χ3n) is 2.43. The number of para-hydroxylation sites is 1. The first-order valence-corrected chi connectivity index (χ1v) is 6.11. The second-order valence-corrected chi connectivity index (χ2v) is 4.12. The molecule has 0 amide bonds. The van der Waals surface area contributed by atoms with Gasteiger partial charge in [-0.2, -0.15) is 5.26 Å². The van der Waals surface area contributed by atoms with Gasteiger partial charge in [-0.05, 0) is 12.1 Å². The summed E-state index contributed by atoms with van der Waals surface area (Å²) in [5.41, 5.74) is 1.03. The van der Waals surface area contributed by atoms with Gasteiger partial charge in [0.25, 0.3) is 0 Å². The van der Waals surface area contributed by atoms with Gasteiger partial charge in [-0.3, -0.25) is 0 Å². The van der Waals surface area contributed by atoms with Crippen LogP contribution in [0.4, 0.5) is 14.5 Å². The van der Waals surface area contributed by atoms with Crippen LogP contribution in [0, 0.1) is 17.2 Å². The van der Waals surface area contributed by atoms with Crippen molar-refractivity contribution < 1.29 is 13.5 Å². The van der Waals surface area contributed by atoms with Gasteiger partial charge in [0.2, 0.25) is 6.43 Å². The van der Waals surface area contributed by atoms with E-state index in [0.29, 0.717) is 6.54 Å². The van der Waals surface area contributed by atoms with Crippen LogP contribution >= 0.6 is 0 Å². The smallest absolute Gasteiger partial charge is 0.239 e. The van der Waals surface area contributed by atoms with Gasteiger partial charge < -0.3 is 10.1 Å². The molecule has 0 aliphatic carbocycles. The summed E-state index contributed by atoms with van der Waals surface area (Å²) in [6, 6.07) is 11.1. The number of methoxy groups -OCH3 is 1. The molecule has 0 radical (unpaired) electrons. The molecule has 0 aromatic heterocycles. The highest BCUT2D eigenvalue weighted by atomic mass is 19.3. The van der Waals surface area contributed by atoms with Crippen molar-refractivity contribution in [3.8, 4) is 6.07 Å². The molecule has 1 atom stereocenters. The molecule has 0 fully saturated rings. The molecule has 0 aliphatic heterocycles. The Kier molecular flexibility index (Phi) is 9.89. The van der Waals surface area contributed by atoms with E-state index >= 15 is 0 Å². The number of hydrogen-bond acceptors (Lipinski definition) is 3. The number of nitrogens with zero attached hydrogens (tertiary/aromatic N) is 1. The number of halogens is 2. The first-order valence-electron chi connectivity index (χ1n) is 6.11. The zero-order valence-corrected chi connectivity index (χ0v) is 11.8. The molecule has 0 bridgehead atoms. The van der Waals surface area contributed by atoms with E-state index in [1.807, 2.05) is 36.4 Å². The first kappa shape index (κ1) is 18.1. The summed E-state index contributed by atoms with van der Waals surface area (Å²) >= 11 is 0. The summed E-state index contributed by atoms with van der Waals surface area (Å²) in [6.45, 7) is 3.80. The van der Waals surface area contributed by atoms with Gasteiger partial charge in [0.15, 0.2) is 0 Å². The number of nitriles is 1. The summed E-state index contributed by atoms with van der Waals surface area (Å²) < 4.78 is 28.9. The summed E-state index contributed by atoms with van der Waals surface area (Å²) in [5.74, 6) is -0.528. The molecule has 0 heterocycles. The van der Waals surface area contributed by atoms with Gasteiger partial charge in [-0.15, -0.1) is 0 Å². The van der Waals surface area contributed by atoms with E-state index in [0.717, 1.165) is 5.69 Å². The number of alkyl halides is 2. The summed E-state index contributed by atoms with van der Waals surface area (Å²) in [7, 11) is 3.25. The third kappa shape index (κ3) is 8.22. The number of rotatable bonds is 6. The monoisotopic (exact) mass is 282 g/mol. The summed E-state index contributed by atoms with van der Waals surface area (Å²) in [5, 5.41) is 11.7. The lowest BCUT2D eigenvalue weighted by Gasteiger charge is -2.16. The number of nitrogens with one attached hydrogen (secondary N) is 1. The normalized spacial score (nSPS) is 11.0. The van der Waals surface area contributed by atoms with Crippen LogP contribution in [0.25, 0.3) is 0 Å². The summed E-state index contributed by atoms with van der Waals surface area (Å²) in [6.07, 6.45) is -2.77. The van der Waals surface area contributed by atoms with E-state index in [4.69, 9.17) is 5.26 Å². The maximum atomic E-state index is 12.3. The second kappa shape index (κ2) is 10.9. The van der Waals surface area contributed by atoms with Crippen molar-refractivity contribution in [1.82, 2.24) is 0 Å². The Hall–Kier alpha value is -1.93. The van der Waals surface area contributed by atoms with Crippen LogP contribution in [-0.2, 0) is 4.74 Å². The van der Waals surface area contributed by atoms with Crippen LogP contribution in [0.5, 0.6) is 0 Å². The van der Waals surface area contributed by atoms with Crippen LogP contribution in [0.15, 0.2) is 42.5 Å². The van der Waals surface area contributed by atoms with Crippen molar-refractivity contribution in [1.29, 1.82) is 5.26 Å². The van der Waals surface area contributed by atoms with Crippen LogP contribution < -0.4 is 5.32 Å². The molecule has 1 rings (SSSR count). The Balaban J connectivity index is 0.00000110. The van der Waals surface area contributed by atoms with Crippen molar-refractivity contribution in [2.45, 2.75) is 12.8 Å². The topological polar surface area (TPSA) is 45.0 Å². The molecular formula is C15H20F2N2O. The third-order valence-corrected chi connectivity index (χ3v) is 2.43. The average Bonchev–Trinajstić information content (AvgIpc) is 2.44. The Morgan fingerprint density at radius 3 is 2.35 bits per heavy atom. The molecule has 110 valence electrons. The Morgan fingerprint density at radius 2 is 1.90 bits per heavy atom. The van der Waals surface area contributed by atoms with Crippen molar-refractivity contribution in [3.63, 3.8) is 0 Å². The number of benzene rings is 1. The molecule has 0 aliphatic rings. The van der Waals surface area contributed by atoms with E-state index in [9.17, 15) is 8.78 Å². The average molecular weight is 282 g/mol. The molecule has 5 heteroatoms. The maximum absolute atomic E-state index is 12.3. The van der Waals surface area contributed by atoms with Gasteiger partial charge in [0.1, 0.15) is 0 Å².